The van der Waals surface area contributed by atoms with Crippen LogP contribution in [0.5, 0.6) is 5.75 Å². The van der Waals surface area contributed by atoms with Gasteiger partial charge in [-0.1, -0.05) is 39.8 Å². The highest BCUT2D eigenvalue weighted by atomic mass is 16.5. The van der Waals surface area contributed by atoms with Crippen molar-refractivity contribution in [2.24, 2.45) is 5.92 Å². The predicted octanol–water partition coefficient (Wildman–Crippen LogP) is 4.03. The van der Waals surface area contributed by atoms with E-state index in [-0.39, 0.29) is 12.3 Å². The van der Waals surface area contributed by atoms with Crippen molar-refractivity contribution >= 4 is 5.97 Å². The Kier molecular flexibility index (Phi) is 5.40. The quantitative estimate of drug-likeness (QED) is 0.843. The second-order valence-electron chi connectivity index (χ2n) is 5.60. The monoisotopic (exact) mass is 264 g/mol. The second-order valence-corrected chi connectivity index (χ2v) is 5.60. The van der Waals surface area contributed by atoms with Crippen LogP contribution in [0.2, 0.25) is 0 Å². The number of methoxy groups -OCH3 is 1. The molecule has 0 aliphatic rings. The number of benzene rings is 1. The molecule has 0 heterocycles. The van der Waals surface area contributed by atoms with Crippen molar-refractivity contribution in [1.82, 2.24) is 0 Å². The van der Waals surface area contributed by atoms with Gasteiger partial charge in [-0.3, -0.25) is 4.79 Å². The van der Waals surface area contributed by atoms with Crippen molar-refractivity contribution in [2.75, 3.05) is 7.11 Å². The third-order valence-electron chi connectivity index (χ3n) is 3.50. The largest absolute Gasteiger partial charge is 0.496 e. The first-order valence-corrected chi connectivity index (χ1v) is 6.76. The molecule has 1 aromatic carbocycles. The van der Waals surface area contributed by atoms with Crippen LogP contribution in [-0.2, 0) is 4.79 Å². The minimum atomic E-state index is -0.749. The number of carbonyl (C=O) groups is 1. The zero-order valence-corrected chi connectivity index (χ0v) is 12.4. The summed E-state index contributed by atoms with van der Waals surface area (Å²) in [5.41, 5.74) is 2.22. The molecule has 1 rings (SSSR count). The Labute approximate surface area is 115 Å². The number of rotatable bonds is 6. The van der Waals surface area contributed by atoms with Crippen LogP contribution in [0.1, 0.15) is 57.1 Å². The van der Waals surface area contributed by atoms with Gasteiger partial charge in [0.1, 0.15) is 5.75 Å². The summed E-state index contributed by atoms with van der Waals surface area (Å²) in [5.74, 6) is 0.815. The summed E-state index contributed by atoms with van der Waals surface area (Å²) in [4.78, 5) is 11.0. The third kappa shape index (κ3) is 3.98. The molecule has 0 fully saturated rings. The summed E-state index contributed by atoms with van der Waals surface area (Å²) >= 11 is 0. The fraction of sp³-hybridized carbons (Fsp3) is 0.562. The summed E-state index contributed by atoms with van der Waals surface area (Å²) in [6.07, 6.45) is 0.168. The standard InChI is InChI=1S/C16H24O3/c1-10(2)13(9-16(17)18)12-6-7-15(19-5)14(8-12)11(3)4/h6-8,10-11,13H,9H2,1-5H3,(H,17,18). The number of carboxylic acid groups (broad SMARTS) is 1. The molecule has 106 valence electrons. The van der Waals surface area contributed by atoms with Gasteiger partial charge in [0.25, 0.3) is 0 Å². The van der Waals surface area contributed by atoms with Crippen molar-refractivity contribution in [3.8, 4) is 5.75 Å². The Bertz CT molecular complexity index is 436. The lowest BCUT2D eigenvalue weighted by Crippen LogP contribution is -2.12. The van der Waals surface area contributed by atoms with Crippen molar-refractivity contribution in [3.05, 3.63) is 29.3 Å². The highest BCUT2D eigenvalue weighted by Gasteiger charge is 2.21. The highest BCUT2D eigenvalue weighted by molar-refractivity contribution is 5.68. The average molecular weight is 264 g/mol. The molecular formula is C16H24O3. The van der Waals surface area contributed by atoms with Crippen LogP contribution in [0.4, 0.5) is 0 Å². The Morgan fingerprint density at radius 1 is 1.26 bits per heavy atom. The molecule has 0 bridgehead atoms. The maximum absolute atomic E-state index is 11.0. The molecule has 1 atom stereocenters. The first-order chi connectivity index (χ1) is 8.86. The SMILES string of the molecule is COc1ccc(C(CC(=O)O)C(C)C)cc1C(C)C. The van der Waals surface area contributed by atoms with E-state index < -0.39 is 5.97 Å². The number of hydrogen-bond donors (Lipinski definition) is 1. The van der Waals surface area contributed by atoms with Crippen molar-refractivity contribution in [2.45, 2.75) is 46.0 Å². The Morgan fingerprint density at radius 2 is 1.89 bits per heavy atom. The molecule has 3 heteroatoms. The molecule has 0 aliphatic carbocycles. The average Bonchev–Trinajstić information content (AvgIpc) is 2.34. The van der Waals surface area contributed by atoms with Gasteiger partial charge >= 0.3 is 5.97 Å². The minimum Gasteiger partial charge on any atom is -0.496 e. The Balaban J connectivity index is 3.17. The second kappa shape index (κ2) is 6.60. The van der Waals surface area contributed by atoms with Gasteiger partial charge in [-0.25, -0.2) is 0 Å². The minimum absolute atomic E-state index is 0.0425. The summed E-state index contributed by atoms with van der Waals surface area (Å²) in [6.45, 7) is 8.35. The molecule has 1 aromatic rings. The van der Waals surface area contributed by atoms with Crippen molar-refractivity contribution in [3.63, 3.8) is 0 Å². The number of carboxylic acids is 1. The van der Waals surface area contributed by atoms with E-state index in [1.165, 1.54) is 0 Å². The zero-order valence-electron chi connectivity index (χ0n) is 12.4. The van der Waals surface area contributed by atoms with Crippen LogP contribution in [0.25, 0.3) is 0 Å². The van der Waals surface area contributed by atoms with E-state index in [2.05, 4.69) is 33.8 Å². The molecule has 0 aliphatic heterocycles. The summed E-state index contributed by atoms with van der Waals surface area (Å²) in [7, 11) is 1.66. The van der Waals surface area contributed by atoms with Gasteiger partial charge in [-0.15, -0.1) is 0 Å². The molecular weight excluding hydrogens is 240 g/mol. The fourth-order valence-corrected chi connectivity index (χ4v) is 2.36. The lowest BCUT2D eigenvalue weighted by molar-refractivity contribution is -0.137. The van der Waals surface area contributed by atoms with E-state index in [9.17, 15) is 4.79 Å². The highest BCUT2D eigenvalue weighted by Crippen LogP contribution is 2.34. The smallest absolute Gasteiger partial charge is 0.303 e. The molecule has 0 amide bonds. The molecule has 0 radical (unpaired) electrons. The van der Waals surface area contributed by atoms with Crippen molar-refractivity contribution in [1.29, 1.82) is 0 Å². The molecule has 0 saturated heterocycles. The predicted molar refractivity (Wildman–Crippen MR) is 76.9 cm³/mol. The van der Waals surface area contributed by atoms with E-state index in [0.717, 1.165) is 16.9 Å². The van der Waals surface area contributed by atoms with Gasteiger partial charge in [0.15, 0.2) is 0 Å². The van der Waals surface area contributed by atoms with E-state index >= 15 is 0 Å². The molecule has 1 unspecified atom stereocenters. The van der Waals surface area contributed by atoms with Crippen molar-refractivity contribution < 1.29 is 14.6 Å². The molecule has 1 N–H and O–H groups in total. The summed E-state index contributed by atoms with van der Waals surface area (Å²) < 4.78 is 5.37. The Morgan fingerprint density at radius 3 is 2.32 bits per heavy atom. The lowest BCUT2D eigenvalue weighted by atomic mass is 9.84. The normalized spacial score (nSPS) is 12.8. The number of hydrogen-bond acceptors (Lipinski definition) is 2. The molecule has 19 heavy (non-hydrogen) atoms. The molecule has 0 spiro atoms. The maximum Gasteiger partial charge on any atom is 0.303 e. The number of ether oxygens (including phenoxy) is 1. The zero-order chi connectivity index (χ0) is 14.6. The van der Waals surface area contributed by atoms with E-state index in [0.29, 0.717) is 11.8 Å². The maximum atomic E-state index is 11.0. The van der Waals surface area contributed by atoms with Gasteiger partial charge in [0.05, 0.1) is 13.5 Å². The van der Waals surface area contributed by atoms with E-state index in [4.69, 9.17) is 9.84 Å². The van der Waals surface area contributed by atoms with Crippen LogP contribution in [0, 0.1) is 5.92 Å². The third-order valence-corrected chi connectivity index (χ3v) is 3.50. The molecule has 3 nitrogen and oxygen atoms in total. The van der Waals surface area contributed by atoms with Crippen LogP contribution in [0.15, 0.2) is 18.2 Å². The first-order valence-electron chi connectivity index (χ1n) is 6.76. The van der Waals surface area contributed by atoms with Crippen LogP contribution in [-0.4, -0.2) is 18.2 Å². The van der Waals surface area contributed by atoms with Gasteiger partial charge in [0, 0.05) is 0 Å². The van der Waals surface area contributed by atoms with Crippen LogP contribution in [0.3, 0.4) is 0 Å². The molecule has 0 aromatic heterocycles. The van der Waals surface area contributed by atoms with E-state index in [1.807, 2.05) is 12.1 Å². The summed E-state index contributed by atoms with van der Waals surface area (Å²) in [5, 5.41) is 9.05. The van der Waals surface area contributed by atoms with Gasteiger partial charge in [-0.05, 0) is 34.9 Å². The van der Waals surface area contributed by atoms with Gasteiger partial charge in [-0.2, -0.15) is 0 Å². The number of aliphatic carboxylic acids is 1. The molecule has 0 saturated carbocycles. The Hall–Kier alpha value is -1.51. The van der Waals surface area contributed by atoms with Crippen LogP contribution < -0.4 is 4.74 Å². The fourth-order valence-electron chi connectivity index (χ4n) is 2.36. The van der Waals surface area contributed by atoms with Gasteiger partial charge < -0.3 is 9.84 Å². The topological polar surface area (TPSA) is 46.5 Å². The van der Waals surface area contributed by atoms with Crippen LogP contribution >= 0.6 is 0 Å². The summed E-state index contributed by atoms with van der Waals surface area (Å²) in [6, 6.07) is 6.03. The van der Waals surface area contributed by atoms with Gasteiger partial charge in [0.2, 0.25) is 0 Å². The lowest BCUT2D eigenvalue weighted by Gasteiger charge is -2.22. The van der Waals surface area contributed by atoms with E-state index in [1.54, 1.807) is 7.11 Å². The first kappa shape index (κ1) is 15.5.